The van der Waals surface area contributed by atoms with E-state index in [0.29, 0.717) is 19.4 Å². The maximum atomic E-state index is 13.0. The van der Waals surface area contributed by atoms with Gasteiger partial charge in [0.15, 0.2) is 5.69 Å². The Balaban J connectivity index is 1.79. The number of hydrogen-bond acceptors (Lipinski definition) is 9. The van der Waals surface area contributed by atoms with Crippen LogP contribution in [-0.2, 0) is 19.0 Å². The number of nitrogens with one attached hydrogen (secondary N) is 1. The average Bonchev–Trinajstić information content (AvgIpc) is 3.24. The number of esters is 1. The van der Waals surface area contributed by atoms with Crippen LogP contribution >= 0.6 is 0 Å². The van der Waals surface area contributed by atoms with Crippen molar-refractivity contribution in [3.05, 3.63) is 28.2 Å². The summed E-state index contributed by atoms with van der Waals surface area (Å²) in [4.78, 5) is 51.4. The van der Waals surface area contributed by atoms with E-state index in [9.17, 15) is 19.2 Å². The number of nitrogens with zero attached hydrogens (tertiary/aromatic N) is 2. The maximum Gasteiger partial charge on any atom is 0.514 e. The van der Waals surface area contributed by atoms with Crippen LogP contribution in [0, 0.1) is 5.41 Å². The highest BCUT2D eigenvalue weighted by molar-refractivity contribution is 5.97. The number of fused-ring (bicyclic) bond motifs is 1. The smallest absolute Gasteiger partial charge is 0.468 e. The molecule has 0 unspecified atom stereocenters. The summed E-state index contributed by atoms with van der Waals surface area (Å²) in [6.45, 7) is 2.12. The Morgan fingerprint density at radius 1 is 1.23 bits per heavy atom. The molecule has 0 radical (unpaired) electrons. The van der Waals surface area contributed by atoms with E-state index in [1.165, 1.54) is 36.1 Å². The van der Waals surface area contributed by atoms with Crippen LogP contribution in [0.5, 0.6) is 5.75 Å². The lowest BCUT2D eigenvalue weighted by Gasteiger charge is -2.37. The molecule has 1 aliphatic heterocycles. The van der Waals surface area contributed by atoms with Gasteiger partial charge in [-0.05, 0) is 19.8 Å². The minimum atomic E-state index is -1.17. The first-order valence-corrected chi connectivity index (χ1v) is 10.1. The Kier molecular flexibility index (Phi) is 6.84. The molecule has 1 aliphatic carbocycles. The van der Waals surface area contributed by atoms with Crippen LogP contribution in [0.25, 0.3) is 0 Å². The van der Waals surface area contributed by atoms with Crippen molar-refractivity contribution in [3.8, 4) is 5.75 Å². The zero-order chi connectivity index (χ0) is 22.6. The fourth-order valence-corrected chi connectivity index (χ4v) is 3.98. The summed E-state index contributed by atoms with van der Waals surface area (Å²) in [6.07, 6.45) is 2.54. The number of ether oxygens (including phenoxy) is 4. The number of rotatable bonds is 7. The van der Waals surface area contributed by atoms with Crippen molar-refractivity contribution < 1.29 is 33.3 Å². The van der Waals surface area contributed by atoms with E-state index in [-0.39, 0.29) is 25.0 Å². The molecular weight excluding hydrogens is 410 g/mol. The molecule has 0 aromatic carbocycles. The van der Waals surface area contributed by atoms with Crippen LogP contribution in [0.1, 0.15) is 43.1 Å². The molecule has 1 aromatic heterocycles. The molecular formula is C20H27N3O8. The van der Waals surface area contributed by atoms with Crippen LogP contribution in [0.15, 0.2) is 17.1 Å². The number of aromatic nitrogens is 1. The van der Waals surface area contributed by atoms with Gasteiger partial charge in [0.25, 0.3) is 5.91 Å². The summed E-state index contributed by atoms with van der Waals surface area (Å²) in [5.74, 6) is -1.39. The molecule has 1 atom stereocenters. The molecule has 0 saturated heterocycles. The van der Waals surface area contributed by atoms with Crippen molar-refractivity contribution in [1.82, 2.24) is 9.58 Å². The summed E-state index contributed by atoms with van der Waals surface area (Å²) in [5.41, 5.74) is 1.34. The van der Waals surface area contributed by atoms with Gasteiger partial charge in [0.1, 0.15) is 18.2 Å². The van der Waals surface area contributed by atoms with E-state index in [1.807, 2.05) is 0 Å². The molecule has 11 heteroatoms. The standard InChI is InChI=1S/C20H27N3O8/c1-13-21-23-9-6-14(24)16(15(23)17(25)22(13)10-11-28-2)31-19(27)30-12-20(18(26)29-3)7-4-5-8-20/h6,9,13,21H,4-5,7-8,10-12H2,1-3H3/t13-/m0/s1. The fraction of sp³-hybridized carbons (Fsp3) is 0.600. The zero-order valence-corrected chi connectivity index (χ0v) is 17.8. The monoisotopic (exact) mass is 437 g/mol. The lowest BCUT2D eigenvalue weighted by molar-refractivity contribution is -0.155. The lowest BCUT2D eigenvalue weighted by atomic mass is 9.87. The average molecular weight is 437 g/mol. The molecule has 1 aromatic rings. The van der Waals surface area contributed by atoms with Gasteiger partial charge in [0.05, 0.1) is 13.7 Å². The van der Waals surface area contributed by atoms with Gasteiger partial charge in [-0.2, -0.15) is 0 Å². The molecule has 1 fully saturated rings. The molecule has 2 aliphatic rings. The molecule has 1 saturated carbocycles. The summed E-state index contributed by atoms with van der Waals surface area (Å²) >= 11 is 0. The molecule has 170 valence electrons. The van der Waals surface area contributed by atoms with E-state index < -0.39 is 34.6 Å². The summed E-state index contributed by atoms with van der Waals surface area (Å²) in [5, 5.41) is 0. The number of hydrogen-bond donors (Lipinski definition) is 1. The number of methoxy groups -OCH3 is 2. The summed E-state index contributed by atoms with van der Waals surface area (Å²) in [6, 6.07) is 1.18. The normalized spacial score (nSPS) is 19.4. The maximum absolute atomic E-state index is 13.0. The number of carbonyl (C=O) groups is 3. The summed E-state index contributed by atoms with van der Waals surface area (Å²) < 4.78 is 21.6. The molecule has 1 N–H and O–H groups in total. The second-order valence-electron chi connectivity index (χ2n) is 7.64. The first-order chi connectivity index (χ1) is 14.8. The van der Waals surface area contributed by atoms with Gasteiger partial charge in [0.2, 0.25) is 11.2 Å². The van der Waals surface area contributed by atoms with Gasteiger partial charge < -0.3 is 29.3 Å². The first-order valence-electron chi connectivity index (χ1n) is 10.1. The van der Waals surface area contributed by atoms with E-state index in [4.69, 9.17) is 18.9 Å². The van der Waals surface area contributed by atoms with Crippen LogP contribution in [0.3, 0.4) is 0 Å². The third-order valence-corrected chi connectivity index (χ3v) is 5.68. The van der Waals surface area contributed by atoms with Crippen LogP contribution in [0.4, 0.5) is 4.79 Å². The Hall–Kier alpha value is -3.08. The zero-order valence-electron chi connectivity index (χ0n) is 17.8. The molecule has 0 spiro atoms. The largest absolute Gasteiger partial charge is 0.514 e. The minimum Gasteiger partial charge on any atom is -0.468 e. The highest BCUT2D eigenvalue weighted by Gasteiger charge is 2.44. The molecule has 31 heavy (non-hydrogen) atoms. The predicted octanol–water partition coefficient (Wildman–Crippen LogP) is 1.09. The van der Waals surface area contributed by atoms with E-state index in [0.717, 1.165) is 12.8 Å². The van der Waals surface area contributed by atoms with Gasteiger partial charge in [-0.15, -0.1) is 0 Å². The highest BCUT2D eigenvalue weighted by Crippen LogP contribution is 2.39. The van der Waals surface area contributed by atoms with Crippen molar-refractivity contribution in [1.29, 1.82) is 0 Å². The Morgan fingerprint density at radius 3 is 2.58 bits per heavy atom. The number of carbonyl (C=O) groups excluding carboxylic acids is 3. The second-order valence-corrected chi connectivity index (χ2v) is 7.64. The third kappa shape index (κ3) is 4.50. The summed E-state index contributed by atoms with van der Waals surface area (Å²) in [7, 11) is 2.80. The second kappa shape index (κ2) is 9.38. The van der Waals surface area contributed by atoms with Gasteiger partial charge in [-0.1, -0.05) is 12.8 Å². The van der Waals surface area contributed by atoms with E-state index >= 15 is 0 Å². The van der Waals surface area contributed by atoms with Crippen LogP contribution in [0.2, 0.25) is 0 Å². The highest BCUT2D eigenvalue weighted by atomic mass is 16.7. The minimum absolute atomic E-state index is 0.123. The lowest BCUT2D eigenvalue weighted by Crippen LogP contribution is -2.53. The Labute approximate surface area is 179 Å². The molecule has 11 nitrogen and oxygen atoms in total. The molecule has 3 rings (SSSR count). The van der Waals surface area contributed by atoms with Gasteiger partial charge in [-0.25, -0.2) is 4.79 Å². The fourth-order valence-electron chi connectivity index (χ4n) is 3.98. The van der Waals surface area contributed by atoms with Crippen LogP contribution in [-0.4, -0.2) is 67.8 Å². The molecule has 1 amide bonds. The number of pyridine rings is 1. The van der Waals surface area contributed by atoms with Crippen LogP contribution < -0.4 is 15.6 Å². The van der Waals surface area contributed by atoms with Crippen molar-refractivity contribution in [2.75, 3.05) is 39.4 Å². The Morgan fingerprint density at radius 2 is 1.94 bits per heavy atom. The third-order valence-electron chi connectivity index (χ3n) is 5.68. The molecule has 2 heterocycles. The van der Waals surface area contributed by atoms with E-state index in [2.05, 4.69) is 5.43 Å². The van der Waals surface area contributed by atoms with Crippen molar-refractivity contribution in [3.63, 3.8) is 0 Å². The van der Waals surface area contributed by atoms with Gasteiger partial charge in [-0.3, -0.25) is 19.1 Å². The Bertz CT molecular complexity index is 906. The topological polar surface area (TPSA) is 125 Å². The van der Waals surface area contributed by atoms with Crippen molar-refractivity contribution >= 4 is 18.0 Å². The van der Waals surface area contributed by atoms with Crippen molar-refractivity contribution in [2.45, 2.75) is 38.8 Å². The SMILES string of the molecule is COCCN1C(=O)c2c(OC(=O)OCC3(C(=O)OC)CCCC3)c(=O)ccn2N[C@@H]1C. The molecule has 0 bridgehead atoms. The van der Waals surface area contributed by atoms with Crippen molar-refractivity contribution in [2.24, 2.45) is 5.41 Å². The van der Waals surface area contributed by atoms with Gasteiger partial charge >= 0.3 is 12.1 Å². The number of amides is 1. The van der Waals surface area contributed by atoms with Gasteiger partial charge in [0, 0.05) is 25.9 Å². The quantitative estimate of drug-likeness (QED) is 0.624. The predicted molar refractivity (Wildman–Crippen MR) is 107 cm³/mol. The van der Waals surface area contributed by atoms with E-state index in [1.54, 1.807) is 6.92 Å². The first kappa shape index (κ1) is 22.6.